The Kier molecular flexibility index (Phi) is 9.00. The van der Waals surface area contributed by atoms with Crippen LogP contribution >= 0.6 is 39.3 Å². The van der Waals surface area contributed by atoms with Gasteiger partial charge in [-0.2, -0.15) is 5.10 Å². The number of hydrogen-bond acceptors (Lipinski definition) is 3. The molecule has 0 aromatic heterocycles. The smallest absolute Gasteiger partial charge is 0.258 e. The lowest BCUT2D eigenvalue weighted by Crippen LogP contribution is -2.25. The van der Waals surface area contributed by atoms with Crippen LogP contribution in [0.5, 0.6) is 0 Å². The van der Waals surface area contributed by atoms with Crippen molar-refractivity contribution in [1.82, 2.24) is 5.43 Å². The van der Waals surface area contributed by atoms with Gasteiger partial charge in [0.1, 0.15) is 5.25 Å². The average molecular weight is 502 g/mol. The molecule has 0 heterocycles. The summed E-state index contributed by atoms with van der Waals surface area (Å²) in [5.74, 6) is 0.385. The fraction of sp³-hybridized carbons (Fsp3) is 0.167. The first-order valence-electron chi connectivity index (χ1n) is 9.62. The van der Waals surface area contributed by atoms with Gasteiger partial charge in [-0.1, -0.05) is 76.6 Å². The molecule has 3 nitrogen and oxygen atoms in total. The minimum atomic E-state index is -0.406. The van der Waals surface area contributed by atoms with Gasteiger partial charge in [0.15, 0.2) is 0 Å². The highest BCUT2D eigenvalue weighted by Gasteiger charge is 2.22. The summed E-state index contributed by atoms with van der Waals surface area (Å²) >= 11 is 10.8. The predicted molar refractivity (Wildman–Crippen MR) is 130 cm³/mol. The second kappa shape index (κ2) is 11.9. The third kappa shape index (κ3) is 6.73. The van der Waals surface area contributed by atoms with Gasteiger partial charge in [-0.3, -0.25) is 4.79 Å². The number of hydrazone groups is 1. The first-order valence-corrected chi connectivity index (χ1v) is 11.8. The van der Waals surface area contributed by atoms with Gasteiger partial charge in [0.2, 0.25) is 0 Å². The Morgan fingerprint density at radius 3 is 2.23 bits per heavy atom. The van der Waals surface area contributed by atoms with Gasteiger partial charge in [-0.25, -0.2) is 5.43 Å². The number of amides is 1. The Bertz CT molecular complexity index is 966. The fourth-order valence-electron chi connectivity index (χ4n) is 2.86. The topological polar surface area (TPSA) is 41.5 Å². The van der Waals surface area contributed by atoms with E-state index in [0.717, 1.165) is 32.6 Å². The molecular formula is C24H22BrClN2OS. The van der Waals surface area contributed by atoms with Gasteiger partial charge < -0.3 is 0 Å². The van der Waals surface area contributed by atoms with Crippen molar-refractivity contribution in [2.45, 2.75) is 23.0 Å². The molecule has 0 fully saturated rings. The molecule has 0 saturated heterocycles. The molecule has 0 aliphatic heterocycles. The number of rotatable bonds is 9. The molecular weight excluding hydrogens is 480 g/mol. The molecule has 30 heavy (non-hydrogen) atoms. The molecule has 0 saturated carbocycles. The standard InChI is InChI=1S/C24H22BrClN2OS/c25-20-15-13-18(14-16-20)22(12-7-17-26)27-28-24(29)23(19-8-3-1-4-9-19)30-21-10-5-2-6-11-21/h1-6,8-11,13-16,23H,7,12,17H2,(H,28,29)/b27-22-. The van der Waals surface area contributed by atoms with E-state index in [9.17, 15) is 4.79 Å². The third-order valence-corrected chi connectivity index (χ3v) is 6.43. The Morgan fingerprint density at radius 1 is 0.967 bits per heavy atom. The van der Waals surface area contributed by atoms with Crippen LogP contribution in [-0.2, 0) is 4.79 Å². The van der Waals surface area contributed by atoms with Crippen molar-refractivity contribution in [3.8, 4) is 0 Å². The summed E-state index contributed by atoms with van der Waals surface area (Å²) in [6.45, 7) is 0. The maximum Gasteiger partial charge on any atom is 0.258 e. The number of hydrogen-bond donors (Lipinski definition) is 1. The molecule has 3 rings (SSSR count). The molecule has 0 radical (unpaired) electrons. The van der Waals surface area contributed by atoms with E-state index in [-0.39, 0.29) is 5.91 Å². The number of alkyl halides is 1. The maximum absolute atomic E-state index is 13.1. The predicted octanol–water partition coefficient (Wildman–Crippen LogP) is 6.82. The molecule has 1 amide bonds. The molecule has 0 spiro atoms. The lowest BCUT2D eigenvalue weighted by Gasteiger charge is -2.16. The molecule has 1 N–H and O–H groups in total. The summed E-state index contributed by atoms with van der Waals surface area (Å²) in [6, 6.07) is 27.6. The van der Waals surface area contributed by atoms with Crippen LogP contribution in [0.25, 0.3) is 0 Å². The average Bonchev–Trinajstić information content (AvgIpc) is 2.79. The molecule has 3 aromatic carbocycles. The van der Waals surface area contributed by atoms with E-state index < -0.39 is 5.25 Å². The minimum Gasteiger partial charge on any atom is -0.271 e. The van der Waals surface area contributed by atoms with E-state index >= 15 is 0 Å². The number of thioether (sulfide) groups is 1. The third-order valence-electron chi connectivity index (χ3n) is 4.36. The van der Waals surface area contributed by atoms with Crippen LogP contribution in [-0.4, -0.2) is 17.5 Å². The first-order chi connectivity index (χ1) is 14.7. The lowest BCUT2D eigenvalue weighted by molar-refractivity contribution is -0.120. The van der Waals surface area contributed by atoms with Gasteiger partial charge >= 0.3 is 0 Å². The summed E-state index contributed by atoms with van der Waals surface area (Å²) in [6.07, 6.45) is 1.47. The largest absolute Gasteiger partial charge is 0.271 e. The fourth-order valence-corrected chi connectivity index (χ4v) is 4.30. The van der Waals surface area contributed by atoms with Crippen LogP contribution in [0, 0.1) is 0 Å². The van der Waals surface area contributed by atoms with Crippen molar-refractivity contribution in [2.75, 3.05) is 5.88 Å². The molecule has 154 valence electrons. The number of carbonyl (C=O) groups is 1. The Morgan fingerprint density at radius 2 is 1.60 bits per heavy atom. The lowest BCUT2D eigenvalue weighted by atomic mass is 10.1. The van der Waals surface area contributed by atoms with Crippen LogP contribution in [0.3, 0.4) is 0 Å². The van der Waals surface area contributed by atoms with Gasteiger partial charge in [-0.15, -0.1) is 23.4 Å². The van der Waals surface area contributed by atoms with E-state index in [2.05, 4.69) is 26.5 Å². The highest BCUT2D eigenvalue weighted by Crippen LogP contribution is 2.35. The van der Waals surface area contributed by atoms with Crippen molar-refractivity contribution in [3.63, 3.8) is 0 Å². The van der Waals surface area contributed by atoms with Crippen molar-refractivity contribution < 1.29 is 4.79 Å². The number of nitrogens with one attached hydrogen (secondary N) is 1. The van der Waals surface area contributed by atoms with Crippen LogP contribution in [0.1, 0.15) is 29.2 Å². The van der Waals surface area contributed by atoms with Gasteiger partial charge in [0, 0.05) is 15.2 Å². The van der Waals surface area contributed by atoms with Crippen molar-refractivity contribution >= 4 is 50.9 Å². The summed E-state index contributed by atoms with van der Waals surface area (Å²) in [7, 11) is 0. The molecule has 1 unspecified atom stereocenters. The van der Waals surface area contributed by atoms with Crippen LogP contribution in [0.15, 0.2) is 99.4 Å². The number of halogens is 2. The van der Waals surface area contributed by atoms with Crippen molar-refractivity contribution in [2.24, 2.45) is 5.10 Å². The molecule has 0 bridgehead atoms. The Hall–Kier alpha value is -2.08. The number of benzene rings is 3. The monoisotopic (exact) mass is 500 g/mol. The molecule has 6 heteroatoms. The second-order valence-electron chi connectivity index (χ2n) is 6.56. The highest BCUT2D eigenvalue weighted by atomic mass is 79.9. The number of carbonyl (C=O) groups excluding carboxylic acids is 1. The maximum atomic E-state index is 13.1. The second-order valence-corrected chi connectivity index (χ2v) is 9.03. The quantitative estimate of drug-likeness (QED) is 0.151. The van der Waals surface area contributed by atoms with Gasteiger partial charge in [0.05, 0.1) is 5.71 Å². The summed E-state index contributed by atoms with van der Waals surface area (Å²) in [5, 5.41) is 4.07. The zero-order valence-corrected chi connectivity index (χ0v) is 19.5. The molecule has 0 aliphatic rings. The van der Waals surface area contributed by atoms with E-state index in [0.29, 0.717) is 12.3 Å². The van der Waals surface area contributed by atoms with Gasteiger partial charge in [-0.05, 0) is 48.2 Å². The van der Waals surface area contributed by atoms with Crippen molar-refractivity contribution in [1.29, 1.82) is 0 Å². The summed E-state index contributed by atoms with van der Waals surface area (Å²) in [5.41, 5.74) is 5.51. The van der Waals surface area contributed by atoms with Crippen LogP contribution < -0.4 is 5.43 Å². The highest BCUT2D eigenvalue weighted by molar-refractivity contribution is 9.10. The molecule has 0 aliphatic carbocycles. The normalized spacial score (nSPS) is 12.4. The van der Waals surface area contributed by atoms with Gasteiger partial charge in [0.25, 0.3) is 5.91 Å². The SMILES string of the molecule is O=C(N/N=C(/CCCCl)c1ccc(Br)cc1)C(Sc1ccccc1)c1ccccc1. The van der Waals surface area contributed by atoms with E-state index in [1.807, 2.05) is 84.9 Å². The Balaban J connectivity index is 1.82. The zero-order chi connectivity index (χ0) is 21.2. The van der Waals surface area contributed by atoms with E-state index in [4.69, 9.17) is 11.6 Å². The number of nitrogens with zero attached hydrogens (tertiary/aromatic N) is 1. The first kappa shape index (κ1) is 22.6. The summed E-state index contributed by atoms with van der Waals surface area (Å²) in [4.78, 5) is 14.2. The Labute approximate surface area is 195 Å². The van der Waals surface area contributed by atoms with Crippen molar-refractivity contribution in [3.05, 3.63) is 101 Å². The van der Waals surface area contributed by atoms with E-state index in [1.54, 1.807) is 0 Å². The minimum absolute atomic E-state index is 0.157. The molecule has 1 atom stereocenters. The summed E-state index contributed by atoms with van der Waals surface area (Å²) < 4.78 is 0.996. The molecule has 3 aromatic rings. The van der Waals surface area contributed by atoms with Crippen LogP contribution in [0.2, 0.25) is 0 Å². The van der Waals surface area contributed by atoms with E-state index in [1.165, 1.54) is 11.8 Å². The zero-order valence-electron chi connectivity index (χ0n) is 16.3. The van der Waals surface area contributed by atoms with Crippen LogP contribution in [0.4, 0.5) is 0 Å².